The molecule has 0 fully saturated rings. The van der Waals surface area contributed by atoms with Gasteiger partial charge >= 0.3 is 0 Å². The Labute approximate surface area is 474 Å². The zero-order valence-corrected chi connectivity index (χ0v) is 45.8. The van der Waals surface area contributed by atoms with Crippen LogP contribution in [0.4, 0.5) is 17.1 Å². The van der Waals surface area contributed by atoms with Crippen LogP contribution in [0.25, 0.3) is 79.9 Å². The first-order valence-electron chi connectivity index (χ1n) is 27.5. The molecule has 0 N–H and O–H groups in total. The van der Waals surface area contributed by atoms with Crippen molar-refractivity contribution in [3.8, 4) is 55.6 Å². The normalized spacial score (nSPS) is 10.8. The molecule has 0 unspecified atom stereocenters. The first kappa shape index (κ1) is 53.3. The average Bonchev–Trinajstić information content (AvgIpc) is 3.53. The van der Waals surface area contributed by atoms with Crippen LogP contribution in [0.15, 0.2) is 315 Å². The molecule has 0 amide bonds. The maximum absolute atomic E-state index is 2.36. The van der Waals surface area contributed by atoms with Crippen molar-refractivity contribution in [1.82, 2.24) is 0 Å². The molecule has 0 aliphatic rings. The van der Waals surface area contributed by atoms with Gasteiger partial charge in [-0.15, -0.1) is 0 Å². The lowest BCUT2D eigenvalue weighted by molar-refractivity contribution is 1.28. The van der Waals surface area contributed by atoms with E-state index in [0.717, 1.165) is 22.6 Å². The van der Waals surface area contributed by atoms with Crippen LogP contribution >= 0.6 is 0 Å². The third-order valence-electron chi connectivity index (χ3n) is 14.0. The quantitative estimate of drug-likeness (QED) is 0.110. The minimum Gasteiger partial charge on any atom is -0.310 e. The topological polar surface area (TPSA) is 3.24 Å². The van der Waals surface area contributed by atoms with Crippen molar-refractivity contribution in [1.29, 1.82) is 0 Å². The van der Waals surface area contributed by atoms with Gasteiger partial charge in [-0.3, -0.25) is 0 Å². The molecule has 12 aromatic rings. The summed E-state index contributed by atoms with van der Waals surface area (Å²) >= 11 is 0. The van der Waals surface area contributed by atoms with Gasteiger partial charge in [-0.05, 0) is 153 Å². The maximum atomic E-state index is 2.36. The third kappa shape index (κ3) is 14.7. The largest absolute Gasteiger partial charge is 0.310 e. The van der Waals surface area contributed by atoms with E-state index in [1.807, 2.05) is 12.1 Å². The van der Waals surface area contributed by atoms with E-state index in [2.05, 4.69) is 353 Å². The Morgan fingerprint density at radius 1 is 0.188 bits per heavy atom. The Morgan fingerprint density at radius 2 is 0.438 bits per heavy atom. The molecule has 0 heterocycles. The monoisotopic (exact) mass is 1030 g/mol. The van der Waals surface area contributed by atoms with Crippen molar-refractivity contribution in [2.45, 2.75) is 20.8 Å². The lowest BCUT2D eigenvalue weighted by Crippen LogP contribution is -2.10. The van der Waals surface area contributed by atoms with Crippen LogP contribution in [0.3, 0.4) is 0 Å². The molecule has 0 spiro atoms. The molecule has 0 saturated carbocycles. The van der Waals surface area contributed by atoms with Crippen LogP contribution in [0.1, 0.15) is 38.9 Å². The lowest BCUT2D eigenvalue weighted by Gasteiger charge is -2.27. The van der Waals surface area contributed by atoms with Crippen molar-refractivity contribution in [3.63, 3.8) is 0 Å². The molecule has 1 nitrogen and oxygen atoms in total. The molecule has 0 aliphatic heterocycles. The Hall–Kier alpha value is -10.1. The number of aryl methyl sites for hydroxylation is 3. The molecule has 0 atom stereocenters. The first-order chi connectivity index (χ1) is 39.4. The number of anilines is 3. The van der Waals surface area contributed by atoms with Crippen molar-refractivity contribution in [2.24, 2.45) is 0 Å². The van der Waals surface area contributed by atoms with Gasteiger partial charge in [-0.1, -0.05) is 302 Å². The second-order valence-corrected chi connectivity index (χ2v) is 20.1. The van der Waals surface area contributed by atoms with Gasteiger partial charge < -0.3 is 4.90 Å². The Kier molecular flexibility index (Phi) is 17.9. The van der Waals surface area contributed by atoms with E-state index in [-0.39, 0.29) is 0 Å². The first-order valence-corrected chi connectivity index (χ1v) is 27.5. The van der Waals surface area contributed by atoms with Crippen LogP contribution in [0.5, 0.6) is 0 Å². The molecule has 1 heteroatoms. The van der Waals surface area contributed by atoms with Crippen LogP contribution in [-0.4, -0.2) is 0 Å². The predicted octanol–water partition coefficient (Wildman–Crippen LogP) is 22.1. The summed E-state index contributed by atoms with van der Waals surface area (Å²) in [6, 6.07) is 112. The maximum Gasteiger partial charge on any atom is 0.0473 e. The average molecular weight is 1030 g/mol. The smallest absolute Gasteiger partial charge is 0.0473 e. The van der Waals surface area contributed by atoms with E-state index >= 15 is 0 Å². The van der Waals surface area contributed by atoms with Crippen molar-refractivity contribution in [3.05, 3.63) is 354 Å². The molecule has 0 aromatic heterocycles. The molecule has 0 radical (unpaired) electrons. The Bertz CT molecular complexity index is 3750. The Balaban J connectivity index is 0.000000172. The van der Waals surface area contributed by atoms with Gasteiger partial charge in [0.25, 0.3) is 0 Å². The van der Waals surface area contributed by atoms with Gasteiger partial charge in [0.2, 0.25) is 0 Å². The van der Waals surface area contributed by atoms with Gasteiger partial charge in [-0.25, -0.2) is 0 Å². The van der Waals surface area contributed by atoms with E-state index in [0.29, 0.717) is 0 Å². The number of benzene rings is 12. The van der Waals surface area contributed by atoms with Gasteiger partial charge in [0, 0.05) is 17.1 Å². The highest BCUT2D eigenvalue weighted by atomic mass is 15.1. The highest BCUT2D eigenvalue weighted by molar-refractivity contribution is 5.86. The lowest BCUT2D eigenvalue weighted by atomic mass is 9.97. The molecular formula is C79H65N. The van der Waals surface area contributed by atoms with Crippen LogP contribution in [0, 0.1) is 20.8 Å². The highest BCUT2D eigenvalue weighted by Gasteiger charge is 2.16. The zero-order chi connectivity index (χ0) is 54.7. The molecule has 0 bridgehead atoms. The molecular weight excluding hydrogens is 963 g/mol. The van der Waals surface area contributed by atoms with Crippen LogP contribution < -0.4 is 4.90 Å². The van der Waals surface area contributed by atoms with E-state index < -0.39 is 0 Å². The van der Waals surface area contributed by atoms with E-state index in [1.54, 1.807) is 0 Å². The van der Waals surface area contributed by atoms with Crippen LogP contribution in [-0.2, 0) is 0 Å². The fourth-order valence-electron chi connectivity index (χ4n) is 9.63. The second-order valence-electron chi connectivity index (χ2n) is 20.1. The summed E-state index contributed by atoms with van der Waals surface area (Å²) in [4.78, 5) is 2.36. The summed E-state index contributed by atoms with van der Waals surface area (Å²) in [5.74, 6) is 0. The SMILES string of the molecule is Cc1cc(-c2ccccc2)cc(-c2ccccc2)c1.Cc1ccc(-c2ccc(N(c3ccc(/C=C/c4ccccc4)cc3)c3cc(-c4ccccc4)cc(-c4ccccc4)c3)cc2)cc1.Cc1ccc(/C=C/c2ccccc2)cc1. The number of hydrogen-bond donors (Lipinski definition) is 0. The van der Waals surface area contributed by atoms with E-state index in [4.69, 9.17) is 0 Å². The van der Waals surface area contributed by atoms with Crippen molar-refractivity contribution in [2.75, 3.05) is 4.90 Å². The molecule has 0 saturated heterocycles. The minimum absolute atomic E-state index is 1.10. The summed E-state index contributed by atoms with van der Waals surface area (Å²) in [7, 11) is 0. The fourth-order valence-corrected chi connectivity index (χ4v) is 9.63. The van der Waals surface area contributed by atoms with E-state index in [1.165, 1.54) is 89.0 Å². The molecule has 80 heavy (non-hydrogen) atoms. The molecule has 0 aliphatic carbocycles. The van der Waals surface area contributed by atoms with Gasteiger partial charge in [0.05, 0.1) is 0 Å². The number of rotatable bonds is 12. The number of hydrogen-bond acceptors (Lipinski definition) is 1. The van der Waals surface area contributed by atoms with Gasteiger partial charge in [-0.2, -0.15) is 0 Å². The molecule has 12 aromatic carbocycles. The summed E-state index contributed by atoms with van der Waals surface area (Å²) in [6.45, 7) is 6.38. The van der Waals surface area contributed by atoms with Crippen molar-refractivity contribution >= 4 is 41.4 Å². The van der Waals surface area contributed by atoms with Crippen LogP contribution in [0.2, 0.25) is 0 Å². The summed E-state index contributed by atoms with van der Waals surface area (Å²) in [5.41, 5.74) is 24.2. The van der Waals surface area contributed by atoms with Gasteiger partial charge in [0.1, 0.15) is 0 Å². The third-order valence-corrected chi connectivity index (χ3v) is 14.0. The molecule has 12 rings (SSSR count). The van der Waals surface area contributed by atoms with Gasteiger partial charge in [0.15, 0.2) is 0 Å². The second kappa shape index (κ2) is 26.8. The predicted molar refractivity (Wildman–Crippen MR) is 346 cm³/mol. The van der Waals surface area contributed by atoms with E-state index in [9.17, 15) is 0 Å². The number of nitrogens with zero attached hydrogens (tertiary/aromatic N) is 1. The standard InChI is InChI=1S/C45H35N.C19H16.C15H14/c1-34-17-23-39(24-18-34)40-25-29-44(30-26-40)46(43-27-21-36(22-28-43)20-19-35-11-5-2-6-12-35)45-32-41(37-13-7-3-8-14-37)31-42(33-45)38-15-9-4-10-16-38;1-15-12-18(16-8-4-2-5-9-16)14-19(13-15)17-10-6-3-7-11-17;1-13-7-9-15(10-8-13)12-11-14-5-3-2-4-6-14/h2-33H,1H3;2-14H,1H3;2-12H,1H3/b20-19+;;12-11+. The summed E-state index contributed by atoms with van der Waals surface area (Å²) in [5, 5.41) is 0. The summed E-state index contributed by atoms with van der Waals surface area (Å²) < 4.78 is 0. The zero-order valence-electron chi connectivity index (χ0n) is 45.8. The summed E-state index contributed by atoms with van der Waals surface area (Å²) in [6.07, 6.45) is 8.59. The minimum atomic E-state index is 1.10. The highest BCUT2D eigenvalue weighted by Crippen LogP contribution is 2.40. The fraction of sp³-hybridized carbons (Fsp3) is 0.0380. The molecule has 386 valence electrons. The van der Waals surface area contributed by atoms with Crippen molar-refractivity contribution < 1.29 is 0 Å². The Morgan fingerprint density at radius 3 is 0.787 bits per heavy atom.